The zero-order valence-electron chi connectivity index (χ0n) is 6.73. The Kier molecular flexibility index (Phi) is 2.46. The molecular weight excluding hydrogens is 202 g/mol. The molecule has 1 rings (SSSR count). The summed E-state index contributed by atoms with van der Waals surface area (Å²) in [5.41, 5.74) is 2.27. The summed E-state index contributed by atoms with van der Waals surface area (Å²) in [6.45, 7) is 0. The minimum absolute atomic E-state index is 0.183. The van der Waals surface area contributed by atoms with Crippen molar-refractivity contribution < 1.29 is 22.4 Å². The monoisotopic (exact) mass is 207 g/mol. The Morgan fingerprint density at radius 3 is 2.29 bits per heavy atom. The Balaban J connectivity index is 3.48. The Hall–Kier alpha value is -1.59. The summed E-state index contributed by atoms with van der Waals surface area (Å²) in [6, 6.07) is 1.19. The van der Waals surface area contributed by atoms with Gasteiger partial charge in [-0.15, -0.1) is 0 Å². The Bertz CT molecular complexity index is 372. The maximum Gasteiger partial charge on any atom is 0.417 e. The zero-order valence-corrected chi connectivity index (χ0v) is 6.73. The summed E-state index contributed by atoms with van der Waals surface area (Å²) in [6.07, 6.45) is -4.97. The highest BCUT2D eigenvalue weighted by Gasteiger charge is 2.34. The van der Waals surface area contributed by atoms with Crippen molar-refractivity contribution in [3.63, 3.8) is 0 Å². The molecule has 0 fully saturated rings. The molecule has 14 heavy (non-hydrogen) atoms. The summed E-state index contributed by atoms with van der Waals surface area (Å²) in [4.78, 5) is 10.2. The number of rotatable bonds is 1. The number of halogens is 4. The summed E-state index contributed by atoms with van der Waals surface area (Å²) < 4.78 is 49.5. The average molecular weight is 207 g/mol. The number of hydrogen-bond acceptors (Lipinski definition) is 2. The van der Waals surface area contributed by atoms with E-state index in [1.807, 2.05) is 0 Å². The Labute approximate surface area is 76.3 Å². The number of carbonyl (C=O) groups excluding carboxylic acids is 1. The molecule has 0 heterocycles. The van der Waals surface area contributed by atoms with E-state index >= 15 is 0 Å². The third kappa shape index (κ3) is 1.84. The van der Waals surface area contributed by atoms with E-state index in [1.165, 1.54) is 0 Å². The first-order valence-corrected chi connectivity index (χ1v) is 3.47. The molecule has 0 aliphatic heterocycles. The number of hydrogen-bond donors (Lipinski definition) is 1. The minimum atomic E-state index is -4.79. The minimum Gasteiger partial charge on any atom is -0.399 e. The van der Waals surface area contributed by atoms with Crippen LogP contribution in [0, 0.1) is 5.82 Å². The van der Waals surface area contributed by atoms with Crippen LogP contribution in [-0.4, -0.2) is 6.29 Å². The fourth-order valence-electron chi connectivity index (χ4n) is 0.993. The highest BCUT2D eigenvalue weighted by Crippen LogP contribution is 2.33. The van der Waals surface area contributed by atoms with Gasteiger partial charge in [-0.2, -0.15) is 13.2 Å². The normalized spacial score (nSPS) is 11.4. The van der Waals surface area contributed by atoms with Crippen LogP contribution in [0.1, 0.15) is 15.9 Å². The molecule has 0 aliphatic carbocycles. The lowest BCUT2D eigenvalue weighted by Crippen LogP contribution is -2.11. The van der Waals surface area contributed by atoms with Gasteiger partial charge in [-0.1, -0.05) is 0 Å². The largest absolute Gasteiger partial charge is 0.417 e. The number of nitrogens with two attached hydrogens (primary N) is 1. The third-order valence-electron chi connectivity index (χ3n) is 1.58. The van der Waals surface area contributed by atoms with E-state index in [4.69, 9.17) is 5.73 Å². The molecule has 0 aliphatic rings. The van der Waals surface area contributed by atoms with Gasteiger partial charge >= 0.3 is 6.18 Å². The van der Waals surface area contributed by atoms with Gasteiger partial charge in [0.1, 0.15) is 5.82 Å². The molecule has 0 amide bonds. The SMILES string of the molecule is Nc1cc(F)c(C=O)c(C(F)(F)F)c1. The van der Waals surface area contributed by atoms with Gasteiger partial charge in [0, 0.05) is 5.69 Å². The van der Waals surface area contributed by atoms with Crippen LogP contribution in [0.4, 0.5) is 23.2 Å². The van der Waals surface area contributed by atoms with E-state index in [0.717, 1.165) is 0 Å². The quantitative estimate of drug-likeness (QED) is 0.436. The van der Waals surface area contributed by atoms with Crippen molar-refractivity contribution in [1.29, 1.82) is 0 Å². The van der Waals surface area contributed by atoms with E-state index in [0.29, 0.717) is 12.1 Å². The van der Waals surface area contributed by atoms with Gasteiger partial charge in [-0.3, -0.25) is 4.79 Å². The Morgan fingerprint density at radius 2 is 1.86 bits per heavy atom. The fraction of sp³-hybridized carbons (Fsp3) is 0.125. The second-order valence-corrected chi connectivity index (χ2v) is 2.58. The molecule has 6 heteroatoms. The lowest BCUT2D eigenvalue weighted by molar-refractivity contribution is -0.138. The molecule has 2 nitrogen and oxygen atoms in total. The van der Waals surface area contributed by atoms with Crippen LogP contribution >= 0.6 is 0 Å². The third-order valence-corrected chi connectivity index (χ3v) is 1.58. The van der Waals surface area contributed by atoms with Crippen LogP contribution < -0.4 is 5.73 Å². The summed E-state index contributed by atoms with van der Waals surface area (Å²) in [7, 11) is 0. The molecule has 0 radical (unpaired) electrons. The predicted molar refractivity (Wildman–Crippen MR) is 41.2 cm³/mol. The van der Waals surface area contributed by atoms with Gasteiger partial charge in [0.15, 0.2) is 6.29 Å². The van der Waals surface area contributed by atoms with Crippen molar-refractivity contribution in [2.75, 3.05) is 5.73 Å². The molecule has 0 saturated carbocycles. The highest BCUT2D eigenvalue weighted by atomic mass is 19.4. The zero-order chi connectivity index (χ0) is 10.9. The second kappa shape index (κ2) is 3.28. The summed E-state index contributed by atoms with van der Waals surface area (Å²) in [5, 5.41) is 0. The molecule has 0 bridgehead atoms. The van der Waals surface area contributed by atoms with E-state index in [-0.39, 0.29) is 12.0 Å². The molecule has 0 unspecified atom stereocenters. The molecule has 2 N–H and O–H groups in total. The predicted octanol–water partition coefficient (Wildman–Crippen LogP) is 2.24. The fourth-order valence-corrected chi connectivity index (χ4v) is 0.993. The number of anilines is 1. The van der Waals surface area contributed by atoms with Crippen LogP contribution in [0.2, 0.25) is 0 Å². The van der Waals surface area contributed by atoms with Crippen LogP contribution in [0.5, 0.6) is 0 Å². The smallest absolute Gasteiger partial charge is 0.399 e. The van der Waals surface area contributed by atoms with Crippen molar-refractivity contribution in [3.05, 3.63) is 29.1 Å². The topological polar surface area (TPSA) is 43.1 Å². The van der Waals surface area contributed by atoms with Gasteiger partial charge in [-0.05, 0) is 12.1 Å². The van der Waals surface area contributed by atoms with Crippen molar-refractivity contribution in [2.45, 2.75) is 6.18 Å². The molecular formula is C8H5F4NO. The van der Waals surface area contributed by atoms with E-state index in [9.17, 15) is 22.4 Å². The molecule has 0 aromatic heterocycles. The first-order valence-electron chi connectivity index (χ1n) is 3.47. The maximum atomic E-state index is 12.8. The highest BCUT2D eigenvalue weighted by molar-refractivity contribution is 5.79. The van der Waals surface area contributed by atoms with Crippen molar-refractivity contribution in [2.24, 2.45) is 0 Å². The number of carbonyl (C=O) groups is 1. The van der Waals surface area contributed by atoms with Gasteiger partial charge in [-0.25, -0.2) is 4.39 Å². The van der Waals surface area contributed by atoms with Crippen molar-refractivity contribution in [3.8, 4) is 0 Å². The summed E-state index contributed by atoms with van der Waals surface area (Å²) >= 11 is 0. The number of nitrogen functional groups attached to an aromatic ring is 1. The molecule has 1 aromatic rings. The number of benzene rings is 1. The number of alkyl halides is 3. The standard InChI is InChI=1S/C8H5F4NO/c9-7-2-4(13)1-6(5(7)3-14)8(10,11)12/h1-3H,13H2. The average Bonchev–Trinajstić information content (AvgIpc) is 2.01. The molecule has 0 spiro atoms. The van der Waals surface area contributed by atoms with E-state index < -0.39 is 23.1 Å². The van der Waals surface area contributed by atoms with Crippen LogP contribution in [0.15, 0.2) is 12.1 Å². The van der Waals surface area contributed by atoms with Crippen LogP contribution in [-0.2, 0) is 6.18 Å². The lowest BCUT2D eigenvalue weighted by atomic mass is 10.1. The van der Waals surface area contributed by atoms with Gasteiger partial charge < -0.3 is 5.73 Å². The van der Waals surface area contributed by atoms with Crippen molar-refractivity contribution in [1.82, 2.24) is 0 Å². The molecule has 76 valence electrons. The first kappa shape index (κ1) is 10.5. The lowest BCUT2D eigenvalue weighted by Gasteiger charge is -2.10. The van der Waals surface area contributed by atoms with E-state index in [2.05, 4.69) is 0 Å². The van der Waals surface area contributed by atoms with Gasteiger partial charge in [0.2, 0.25) is 0 Å². The van der Waals surface area contributed by atoms with E-state index in [1.54, 1.807) is 0 Å². The molecule has 1 aromatic carbocycles. The second-order valence-electron chi connectivity index (χ2n) is 2.58. The Morgan fingerprint density at radius 1 is 1.29 bits per heavy atom. The summed E-state index contributed by atoms with van der Waals surface area (Å²) in [5.74, 6) is -1.27. The first-order chi connectivity index (χ1) is 6.36. The maximum absolute atomic E-state index is 12.8. The molecule has 0 atom stereocenters. The number of aldehydes is 1. The van der Waals surface area contributed by atoms with Crippen molar-refractivity contribution >= 4 is 12.0 Å². The van der Waals surface area contributed by atoms with Crippen LogP contribution in [0.25, 0.3) is 0 Å². The molecule has 0 saturated heterocycles. The van der Waals surface area contributed by atoms with Gasteiger partial charge in [0.25, 0.3) is 0 Å². The van der Waals surface area contributed by atoms with Crippen LogP contribution in [0.3, 0.4) is 0 Å². The van der Waals surface area contributed by atoms with Gasteiger partial charge in [0.05, 0.1) is 11.1 Å².